The van der Waals surface area contributed by atoms with Crippen LogP contribution in [0, 0.1) is 0 Å². The Morgan fingerprint density at radius 2 is 2.32 bits per heavy atom. The van der Waals surface area contributed by atoms with Crippen molar-refractivity contribution in [1.29, 1.82) is 0 Å². The molecule has 0 unspecified atom stereocenters. The zero-order chi connectivity index (χ0) is 16.2. The highest BCUT2D eigenvalue weighted by Gasteiger charge is 2.28. The molecule has 10 heteroatoms. The Kier molecular flexibility index (Phi) is 5.68. The van der Waals surface area contributed by atoms with Crippen molar-refractivity contribution in [3.8, 4) is 0 Å². The molecule has 0 aromatic carbocycles. The quantitative estimate of drug-likeness (QED) is 0.658. The lowest BCUT2D eigenvalue weighted by atomic mass is 10.3. The van der Waals surface area contributed by atoms with E-state index in [4.69, 9.17) is 0 Å². The zero-order valence-electron chi connectivity index (χ0n) is 12.4. The summed E-state index contributed by atoms with van der Waals surface area (Å²) in [5.74, 6) is -0.00865. The van der Waals surface area contributed by atoms with Gasteiger partial charge in [-0.25, -0.2) is 18.3 Å². The average Bonchev–Trinajstić information content (AvgIpc) is 2.97. The molecule has 2 rings (SSSR count). The van der Waals surface area contributed by atoms with Crippen molar-refractivity contribution in [2.45, 2.75) is 43.9 Å². The van der Waals surface area contributed by atoms with Crippen molar-refractivity contribution in [1.82, 2.24) is 20.1 Å². The van der Waals surface area contributed by atoms with Gasteiger partial charge in [-0.15, -0.1) is 5.10 Å². The van der Waals surface area contributed by atoms with Gasteiger partial charge in [-0.05, 0) is 12.8 Å². The van der Waals surface area contributed by atoms with E-state index >= 15 is 0 Å². The van der Waals surface area contributed by atoms with E-state index in [9.17, 15) is 18.0 Å². The Labute approximate surface area is 133 Å². The first-order valence-electron chi connectivity index (χ1n) is 7.19. The van der Waals surface area contributed by atoms with E-state index in [1.165, 1.54) is 16.3 Å². The molecule has 0 aliphatic carbocycles. The molecular formula is C12H20N4O4S2. The van der Waals surface area contributed by atoms with E-state index in [-0.39, 0.29) is 34.9 Å². The molecule has 0 bridgehead atoms. The van der Waals surface area contributed by atoms with Gasteiger partial charge < -0.3 is 5.32 Å². The summed E-state index contributed by atoms with van der Waals surface area (Å²) in [5, 5.41) is 9.48. The molecule has 0 saturated carbocycles. The lowest BCUT2D eigenvalue weighted by molar-refractivity contribution is -0.119. The van der Waals surface area contributed by atoms with Crippen LogP contribution in [0.25, 0.3) is 0 Å². The molecule has 1 aliphatic rings. The first-order valence-corrected chi connectivity index (χ1v) is 10.00. The summed E-state index contributed by atoms with van der Waals surface area (Å²) in [5.41, 5.74) is -0.279. The van der Waals surface area contributed by atoms with Crippen LogP contribution in [0.5, 0.6) is 0 Å². The minimum absolute atomic E-state index is 0.00696. The van der Waals surface area contributed by atoms with Crippen molar-refractivity contribution >= 4 is 27.5 Å². The summed E-state index contributed by atoms with van der Waals surface area (Å²) in [7, 11) is -3.01. The largest absolute Gasteiger partial charge is 0.352 e. The molecule has 1 amide bonds. The molecule has 0 spiro atoms. The van der Waals surface area contributed by atoms with Gasteiger partial charge in [-0.1, -0.05) is 25.1 Å². The maximum Gasteiger partial charge on any atom is 0.343 e. The number of rotatable bonds is 7. The van der Waals surface area contributed by atoms with E-state index in [0.717, 1.165) is 12.8 Å². The number of carbonyl (C=O) groups is 1. The predicted octanol–water partition coefficient (Wildman–Crippen LogP) is -0.233. The number of thioether (sulfide) groups is 1. The van der Waals surface area contributed by atoms with Crippen molar-refractivity contribution in [3.05, 3.63) is 10.5 Å². The number of nitrogens with zero attached hydrogens (tertiary/aromatic N) is 2. The predicted molar refractivity (Wildman–Crippen MR) is 83.7 cm³/mol. The smallest absolute Gasteiger partial charge is 0.343 e. The summed E-state index contributed by atoms with van der Waals surface area (Å²) < 4.78 is 24.2. The van der Waals surface area contributed by atoms with Crippen LogP contribution in [0.4, 0.5) is 0 Å². The van der Waals surface area contributed by atoms with Crippen LogP contribution >= 0.6 is 11.8 Å². The summed E-state index contributed by atoms with van der Waals surface area (Å²) >= 11 is 1.17. The Morgan fingerprint density at radius 3 is 2.95 bits per heavy atom. The number of aromatic amines is 1. The lowest BCUT2D eigenvalue weighted by Crippen LogP contribution is -2.36. The molecule has 1 fully saturated rings. The minimum atomic E-state index is -3.01. The first kappa shape index (κ1) is 17.1. The third kappa shape index (κ3) is 4.60. The van der Waals surface area contributed by atoms with Gasteiger partial charge in [-0.2, -0.15) is 0 Å². The van der Waals surface area contributed by atoms with Gasteiger partial charge in [0, 0.05) is 12.6 Å². The average molecular weight is 348 g/mol. The van der Waals surface area contributed by atoms with E-state index in [0.29, 0.717) is 18.1 Å². The summed E-state index contributed by atoms with van der Waals surface area (Å²) in [6.45, 7) is 2.59. The number of hydrogen-bond donors (Lipinski definition) is 2. The fourth-order valence-corrected chi connectivity index (χ4v) is 4.69. The number of unbranched alkanes of at least 4 members (excludes halogenated alkanes) is 1. The molecule has 2 N–H and O–H groups in total. The van der Waals surface area contributed by atoms with Gasteiger partial charge in [0.25, 0.3) is 0 Å². The van der Waals surface area contributed by atoms with Crippen LogP contribution in [0.3, 0.4) is 0 Å². The highest BCUT2D eigenvalue weighted by atomic mass is 32.2. The number of hydrogen-bond acceptors (Lipinski definition) is 6. The Bertz CT molecular complexity index is 680. The third-order valence-corrected chi connectivity index (χ3v) is 6.13. The highest BCUT2D eigenvalue weighted by molar-refractivity contribution is 7.99. The molecule has 1 aromatic heterocycles. The van der Waals surface area contributed by atoms with Crippen LogP contribution in [0.15, 0.2) is 9.95 Å². The minimum Gasteiger partial charge on any atom is -0.352 e. The molecule has 1 saturated heterocycles. The fraction of sp³-hybridized carbons (Fsp3) is 0.750. The normalized spacial score (nSPS) is 20.1. The van der Waals surface area contributed by atoms with E-state index < -0.39 is 9.84 Å². The van der Waals surface area contributed by atoms with Crippen LogP contribution in [0.1, 0.15) is 26.2 Å². The molecule has 1 atom stereocenters. The van der Waals surface area contributed by atoms with E-state index in [1.807, 2.05) is 6.92 Å². The Balaban J connectivity index is 1.85. The molecule has 1 aliphatic heterocycles. The number of amides is 1. The molecule has 0 radical (unpaired) electrons. The lowest BCUT2D eigenvalue weighted by Gasteiger charge is -2.10. The Hall–Kier alpha value is -1.29. The Morgan fingerprint density at radius 1 is 1.55 bits per heavy atom. The maximum absolute atomic E-state index is 11.9. The molecular weight excluding hydrogens is 328 g/mol. The summed E-state index contributed by atoms with van der Waals surface area (Å²) in [4.78, 5) is 23.5. The van der Waals surface area contributed by atoms with Crippen molar-refractivity contribution in [3.63, 3.8) is 0 Å². The van der Waals surface area contributed by atoms with Crippen molar-refractivity contribution in [2.24, 2.45) is 0 Å². The molecule has 124 valence electrons. The number of nitrogens with one attached hydrogen (secondary N) is 2. The zero-order valence-corrected chi connectivity index (χ0v) is 14.0. The molecule has 2 heterocycles. The first-order chi connectivity index (χ1) is 10.4. The van der Waals surface area contributed by atoms with Gasteiger partial charge in [0.1, 0.15) is 0 Å². The highest BCUT2D eigenvalue weighted by Crippen LogP contribution is 2.15. The summed E-state index contributed by atoms with van der Waals surface area (Å²) in [6.07, 6.45) is 2.28. The van der Waals surface area contributed by atoms with Crippen LogP contribution in [-0.4, -0.2) is 52.4 Å². The number of carbonyl (C=O) groups excluding carboxylic acids is 1. The topological polar surface area (TPSA) is 114 Å². The van der Waals surface area contributed by atoms with Gasteiger partial charge in [-0.3, -0.25) is 9.36 Å². The van der Waals surface area contributed by atoms with Crippen molar-refractivity contribution in [2.75, 3.05) is 17.3 Å². The monoisotopic (exact) mass is 348 g/mol. The standard InChI is InChI=1S/C12H20N4O4S2/c1-2-3-5-16-11(18)14-15-12(16)21-7-10(17)13-9-4-6-22(19,20)8-9/h9H,2-8H2,1H3,(H,13,17)(H,14,18)/t9-/m0/s1. The van der Waals surface area contributed by atoms with Gasteiger partial charge in [0.2, 0.25) is 5.91 Å². The van der Waals surface area contributed by atoms with Crippen LogP contribution < -0.4 is 11.0 Å². The fourth-order valence-electron chi connectivity index (χ4n) is 2.24. The molecule has 8 nitrogen and oxygen atoms in total. The van der Waals surface area contributed by atoms with Gasteiger partial charge >= 0.3 is 5.69 Å². The SMILES string of the molecule is CCCCn1c(SCC(=O)N[C@H]2CCS(=O)(=O)C2)n[nH]c1=O. The van der Waals surface area contributed by atoms with Crippen LogP contribution in [0.2, 0.25) is 0 Å². The second-order valence-electron chi connectivity index (χ2n) is 5.27. The van der Waals surface area contributed by atoms with Crippen LogP contribution in [-0.2, 0) is 21.2 Å². The second-order valence-corrected chi connectivity index (χ2v) is 8.44. The van der Waals surface area contributed by atoms with Gasteiger partial charge in [0.05, 0.1) is 17.3 Å². The number of H-pyrrole nitrogens is 1. The number of aromatic nitrogens is 3. The van der Waals surface area contributed by atoms with E-state index in [1.54, 1.807) is 0 Å². The second kappa shape index (κ2) is 7.32. The maximum atomic E-state index is 11.9. The third-order valence-electron chi connectivity index (χ3n) is 3.39. The van der Waals surface area contributed by atoms with E-state index in [2.05, 4.69) is 15.5 Å². The van der Waals surface area contributed by atoms with Gasteiger partial charge in [0.15, 0.2) is 15.0 Å². The summed E-state index contributed by atoms with van der Waals surface area (Å²) in [6, 6.07) is -0.306. The van der Waals surface area contributed by atoms with Crippen molar-refractivity contribution < 1.29 is 13.2 Å². The number of sulfone groups is 1. The molecule has 22 heavy (non-hydrogen) atoms. The molecule has 1 aromatic rings.